The van der Waals surface area contributed by atoms with Gasteiger partial charge in [-0.05, 0) is 43.7 Å². The number of rotatable bonds is 2. The minimum Gasteiger partial charge on any atom is -0.269 e. The van der Waals surface area contributed by atoms with Crippen LogP contribution < -0.4 is 10.5 Å². The monoisotopic (exact) mass is 345 g/mol. The van der Waals surface area contributed by atoms with Gasteiger partial charge in [-0.3, -0.25) is 19.0 Å². The molecule has 0 radical (unpaired) electrons. The number of fused-ring (bicyclic) bond motifs is 1. The molecule has 6 nitrogen and oxygen atoms in total. The van der Waals surface area contributed by atoms with Crippen molar-refractivity contribution in [2.75, 3.05) is 4.90 Å². The molecule has 0 fully saturated rings. The highest BCUT2D eigenvalue weighted by Crippen LogP contribution is 2.23. The number of hydrogen-bond acceptors (Lipinski definition) is 4. The third-order valence-corrected chi connectivity index (χ3v) is 4.44. The topological polar surface area (TPSA) is 72.3 Å². The van der Waals surface area contributed by atoms with E-state index in [4.69, 9.17) is 0 Å². The third kappa shape index (κ3) is 2.35. The smallest absolute Gasteiger partial charge is 0.265 e. The van der Waals surface area contributed by atoms with Gasteiger partial charge in [0.15, 0.2) is 0 Å². The van der Waals surface area contributed by atoms with Gasteiger partial charge in [-0.25, -0.2) is 9.88 Å². The fourth-order valence-electron chi connectivity index (χ4n) is 3.18. The van der Waals surface area contributed by atoms with E-state index in [1.54, 1.807) is 29.7 Å². The lowest BCUT2D eigenvalue weighted by molar-refractivity contribution is -0.119. The largest absolute Gasteiger partial charge is 0.269 e. The number of aryl methyl sites for hydroxylation is 2. The highest BCUT2D eigenvalue weighted by atomic mass is 16.2. The first-order chi connectivity index (χ1) is 12.5. The van der Waals surface area contributed by atoms with E-state index < -0.39 is 11.8 Å². The maximum absolute atomic E-state index is 13.0. The summed E-state index contributed by atoms with van der Waals surface area (Å²) < 4.78 is 1.57. The summed E-state index contributed by atoms with van der Waals surface area (Å²) in [5.74, 6) is -0.273. The van der Waals surface area contributed by atoms with Crippen LogP contribution in [-0.2, 0) is 9.59 Å². The molecule has 26 heavy (non-hydrogen) atoms. The second-order valence-corrected chi connectivity index (χ2v) is 6.13. The fourth-order valence-corrected chi connectivity index (χ4v) is 3.18. The molecule has 0 bridgehead atoms. The number of anilines is 1. The van der Waals surface area contributed by atoms with Crippen molar-refractivity contribution in [1.82, 2.24) is 9.55 Å². The molecule has 1 aliphatic heterocycles. The van der Waals surface area contributed by atoms with Crippen molar-refractivity contribution in [3.8, 4) is 5.69 Å². The Bertz CT molecular complexity index is 1160. The molecule has 2 aromatic carbocycles. The SMILES string of the molecule is Cc1ccccc1-n1c(C)nc2cc(N3C(=O)C=CC3=O)ccc2c1=O. The van der Waals surface area contributed by atoms with E-state index >= 15 is 0 Å². The minimum atomic E-state index is -0.403. The Balaban J connectivity index is 1.92. The van der Waals surface area contributed by atoms with Crippen molar-refractivity contribution in [3.05, 3.63) is 76.4 Å². The van der Waals surface area contributed by atoms with Crippen LogP contribution in [-0.4, -0.2) is 21.4 Å². The van der Waals surface area contributed by atoms with Crippen LogP contribution in [0.5, 0.6) is 0 Å². The highest BCUT2D eigenvalue weighted by Gasteiger charge is 2.25. The summed E-state index contributed by atoms with van der Waals surface area (Å²) in [7, 11) is 0. The average Bonchev–Trinajstić information content (AvgIpc) is 2.94. The van der Waals surface area contributed by atoms with Gasteiger partial charge in [0.2, 0.25) is 0 Å². The van der Waals surface area contributed by atoms with Crippen LogP contribution in [0.25, 0.3) is 16.6 Å². The molecule has 6 heteroatoms. The molecule has 2 heterocycles. The van der Waals surface area contributed by atoms with Crippen molar-refractivity contribution in [1.29, 1.82) is 0 Å². The molecule has 3 aromatic rings. The van der Waals surface area contributed by atoms with E-state index in [2.05, 4.69) is 4.98 Å². The Morgan fingerprint density at radius 1 is 0.885 bits per heavy atom. The summed E-state index contributed by atoms with van der Waals surface area (Å²) in [5.41, 5.74) is 2.41. The van der Waals surface area contributed by atoms with Crippen molar-refractivity contribution in [2.24, 2.45) is 0 Å². The molecule has 2 amide bonds. The number of amides is 2. The summed E-state index contributed by atoms with van der Waals surface area (Å²) in [6.07, 6.45) is 2.45. The zero-order valence-electron chi connectivity index (χ0n) is 14.3. The number of carbonyl (C=O) groups is 2. The quantitative estimate of drug-likeness (QED) is 0.669. The first-order valence-electron chi connectivity index (χ1n) is 8.13. The van der Waals surface area contributed by atoms with Gasteiger partial charge >= 0.3 is 0 Å². The summed E-state index contributed by atoms with van der Waals surface area (Å²) >= 11 is 0. The third-order valence-electron chi connectivity index (χ3n) is 4.44. The summed E-state index contributed by atoms with van der Waals surface area (Å²) in [6, 6.07) is 12.4. The first kappa shape index (κ1) is 16.0. The summed E-state index contributed by atoms with van der Waals surface area (Å²) in [4.78, 5) is 42.3. The van der Waals surface area contributed by atoms with Crippen molar-refractivity contribution >= 4 is 28.4 Å². The Morgan fingerprint density at radius 3 is 2.27 bits per heavy atom. The van der Waals surface area contributed by atoms with Gasteiger partial charge in [0.25, 0.3) is 17.4 Å². The number of imide groups is 1. The Morgan fingerprint density at radius 2 is 1.58 bits per heavy atom. The van der Waals surface area contributed by atoms with Gasteiger partial charge in [-0.15, -0.1) is 0 Å². The number of aromatic nitrogens is 2. The summed E-state index contributed by atoms with van der Waals surface area (Å²) in [5, 5.41) is 0.426. The van der Waals surface area contributed by atoms with Gasteiger partial charge in [-0.2, -0.15) is 0 Å². The van der Waals surface area contributed by atoms with Gasteiger partial charge in [-0.1, -0.05) is 18.2 Å². The van der Waals surface area contributed by atoms with Crippen molar-refractivity contribution in [2.45, 2.75) is 13.8 Å². The van der Waals surface area contributed by atoms with Gasteiger partial charge in [0.1, 0.15) is 5.82 Å². The predicted molar refractivity (Wildman–Crippen MR) is 98.4 cm³/mol. The lowest BCUT2D eigenvalue weighted by Gasteiger charge is -2.16. The molecular weight excluding hydrogens is 330 g/mol. The first-order valence-corrected chi connectivity index (χ1v) is 8.13. The van der Waals surface area contributed by atoms with E-state index in [1.807, 2.05) is 31.2 Å². The van der Waals surface area contributed by atoms with Crippen molar-refractivity contribution < 1.29 is 9.59 Å². The van der Waals surface area contributed by atoms with E-state index in [0.29, 0.717) is 22.4 Å². The molecule has 1 aliphatic rings. The maximum atomic E-state index is 13.0. The maximum Gasteiger partial charge on any atom is 0.265 e. The van der Waals surface area contributed by atoms with Crippen LogP contribution in [0.15, 0.2) is 59.4 Å². The molecule has 0 aliphatic carbocycles. The van der Waals surface area contributed by atoms with E-state index in [0.717, 1.165) is 16.2 Å². The number of nitrogens with zero attached hydrogens (tertiary/aromatic N) is 3. The average molecular weight is 345 g/mol. The number of benzene rings is 2. The minimum absolute atomic E-state index is 0.189. The lowest BCUT2D eigenvalue weighted by Crippen LogP contribution is -2.29. The molecule has 0 saturated heterocycles. The summed E-state index contributed by atoms with van der Waals surface area (Å²) in [6.45, 7) is 3.69. The normalized spacial score (nSPS) is 13.8. The van der Waals surface area contributed by atoms with Gasteiger partial charge in [0, 0.05) is 12.2 Å². The number of carbonyl (C=O) groups excluding carboxylic acids is 2. The van der Waals surface area contributed by atoms with Crippen LogP contribution >= 0.6 is 0 Å². The van der Waals surface area contributed by atoms with Crippen LogP contribution in [0.2, 0.25) is 0 Å². The van der Waals surface area contributed by atoms with E-state index in [-0.39, 0.29) is 5.56 Å². The van der Waals surface area contributed by atoms with E-state index in [9.17, 15) is 14.4 Å². The van der Waals surface area contributed by atoms with Crippen LogP contribution in [0, 0.1) is 13.8 Å². The van der Waals surface area contributed by atoms with Crippen LogP contribution in [0.3, 0.4) is 0 Å². The van der Waals surface area contributed by atoms with Gasteiger partial charge in [0.05, 0.1) is 22.3 Å². The highest BCUT2D eigenvalue weighted by molar-refractivity contribution is 6.28. The predicted octanol–water partition coefficient (Wildman–Crippen LogP) is 2.43. The van der Waals surface area contributed by atoms with Crippen LogP contribution in [0.4, 0.5) is 5.69 Å². The lowest BCUT2D eigenvalue weighted by atomic mass is 10.1. The molecule has 0 atom stereocenters. The zero-order chi connectivity index (χ0) is 18.4. The molecule has 4 rings (SSSR count). The second-order valence-electron chi connectivity index (χ2n) is 6.13. The Labute approximate surface area is 149 Å². The molecular formula is C20H15N3O3. The standard InChI is InChI=1S/C20H15N3O3/c1-12-5-3-4-6-17(12)22-13(2)21-16-11-14(7-8-15(16)20(22)26)23-18(24)9-10-19(23)25/h3-11H,1-2H3. The molecule has 0 spiro atoms. The number of para-hydroxylation sites is 1. The molecule has 0 saturated carbocycles. The Hall–Kier alpha value is -3.54. The second kappa shape index (κ2) is 5.77. The van der Waals surface area contributed by atoms with Gasteiger partial charge < -0.3 is 0 Å². The molecule has 128 valence electrons. The molecule has 0 N–H and O–H groups in total. The molecule has 1 aromatic heterocycles. The number of hydrogen-bond donors (Lipinski definition) is 0. The van der Waals surface area contributed by atoms with E-state index in [1.165, 1.54) is 12.2 Å². The molecule has 0 unspecified atom stereocenters. The Kier molecular flexibility index (Phi) is 3.54. The van der Waals surface area contributed by atoms with Crippen LogP contribution in [0.1, 0.15) is 11.4 Å². The fraction of sp³-hybridized carbons (Fsp3) is 0.100. The van der Waals surface area contributed by atoms with Crippen molar-refractivity contribution in [3.63, 3.8) is 0 Å². The zero-order valence-corrected chi connectivity index (χ0v) is 14.3.